The molecule has 1 fully saturated rings. The normalized spacial score (nSPS) is 14.7. The van der Waals surface area contributed by atoms with Gasteiger partial charge in [0.25, 0.3) is 0 Å². The number of carbonyl (C=O) groups is 1. The number of hydrogen-bond acceptors (Lipinski definition) is 5. The van der Waals surface area contributed by atoms with Gasteiger partial charge in [0.15, 0.2) is 5.13 Å². The van der Waals surface area contributed by atoms with Gasteiger partial charge in [-0.2, -0.15) is 0 Å². The number of anilines is 1. The van der Waals surface area contributed by atoms with E-state index in [0.29, 0.717) is 6.54 Å². The molecule has 0 saturated carbocycles. The maximum Gasteiger partial charge on any atom is 0.226 e. The predicted molar refractivity (Wildman–Crippen MR) is 91.4 cm³/mol. The Labute approximate surface area is 138 Å². The monoisotopic (exact) mass is 324 g/mol. The summed E-state index contributed by atoms with van der Waals surface area (Å²) in [5, 5.41) is 3.98. The van der Waals surface area contributed by atoms with E-state index in [-0.39, 0.29) is 11.8 Å². The topological polar surface area (TPSA) is 58.1 Å². The molecule has 0 bridgehead atoms. The number of nitrogens with zero attached hydrogens (tertiary/aromatic N) is 3. The van der Waals surface area contributed by atoms with Crippen molar-refractivity contribution < 1.29 is 4.79 Å². The van der Waals surface area contributed by atoms with Crippen molar-refractivity contribution in [1.29, 1.82) is 0 Å². The molecule has 6 heteroatoms. The average molecular weight is 324 g/mol. The molecular weight excluding hydrogens is 308 g/mol. The fraction of sp³-hybridized carbons (Fsp3) is 0.235. The Kier molecular flexibility index (Phi) is 3.67. The lowest BCUT2D eigenvalue weighted by Crippen LogP contribution is -2.53. The highest BCUT2D eigenvalue weighted by Gasteiger charge is 2.34. The molecule has 1 amide bonds. The zero-order chi connectivity index (χ0) is 15.6. The number of nitrogens with one attached hydrogen (secondary N) is 1. The molecule has 1 aliphatic rings. The lowest BCUT2D eigenvalue weighted by Gasteiger charge is -2.37. The van der Waals surface area contributed by atoms with Crippen molar-refractivity contribution in [2.45, 2.75) is 6.54 Å². The zero-order valence-electron chi connectivity index (χ0n) is 12.5. The molecule has 116 valence electrons. The SMILES string of the molecule is O=C(NCc1cccnc1)C1CN(c2nc3ccccc3s2)C1. The van der Waals surface area contributed by atoms with E-state index < -0.39 is 0 Å². The number of carbonyl (C=O) groups excluding carboxylic acids is 1. The van der Waals surface area contributed by atoms with E-state index >= 15 is 0 Å². The Hall–Kier alpha value is -2.47. The molecule has 0 radical (unpaired) electrons. The van der Waals surface area contributed by atoms with E-state index in [2.05, 4.69) is 26.3 Å². The molecule has 23 heavy (non-hydrogen) atoms. The van der Waals surface area contributed by atoms with Gasteiger partial charge in [-0.05, 0) is 23.8 Å². The first-order chi connectivity index (χ1) is 11.3. The Bertz CT molecular complexity index is 794. The van der Waals surface area contributed by atoms with Crippen LogP contribution in [0.1, 0.15) is 5.56 Å². The van der Waals surface area contributed by atoms with E-state index in [9.17, 15) is 4.79 Å². The summed E-state index contributed by atoms with van der Waals surface area (Å²) in [7, 11) is 0. The molecule has 1 aromatic carbocycles. The number of aromatic nitrogens is 2. The molecule has 3 aromatic rings. The van der Waals surface area contributed by atoms with Crippen LogP contribution in [0.4, 0.5) is 5.13 Å². The quantitative estimate of drug-likeness (QED) is 0.801. The van der Waals surface area contributed by atoms with E-state index in [1.807, 2.05) is 30.3 Å². The fourth-order valence-corrected chi connectivity index (χ4v) is 3.62. The molecule has 1 saturated heterocycles. The van der Waals surface area contributed by atoms with Crippen LogP contribution in [0, 0.1) is 5.92 Å². The van der Waals surface area contributed by atoms with Crippen molar-refractivity contribution in [2.75, 3.05) is 18.0 Å². The highest BCUT2D eigenvalue weighted by Crippen LogP contribution is 2.32. The Balaban J connectivity index is 1.33. The molecule has 1 aliphatic heterocycles. The first kappa shape index (κ1) is 14.1. The van der Waals surface area contributed by atoms with Gasteiger partial charge < -0.3 is 10.2 Å². The minimum Gasteiger partial charge on any atom is -0.352 e. The fourth-order valence-electron chi connectivity index (χ4n) is 2.63. The number of hydrogen-bond donors (Lipinski definition) is 1. The summed E-state index contributed by atoms with van der Waals surface area (Å²) in [4.78, 5) is 23.0. The second-order valence-corrected chi connectivity index (χ2v) is 6.65. The molecular formula is C17H16N4OS. The largest absolute Gasteiger partial charge is 0.352 e. The van der Waals surface area contributed by atoms with E-state index in [4.69, 9.17) is 0 Å². The van der Waals surface area contributed by atoms with Crippen molar-refractivity contribution in [3.8, 4) is 0 Å². The zero-order valence-corrected chi connectivity index (χ0v) is 13.3. The van der Waals surface area contributed by atoms with Crippen molar-refractivity contribution in [2.24, 2.45) is 5.92 Å². The maximum atomic E-state index is 12.2. The van der Waals surface area contributed by atoms with Crippen molar-refractivity contribution in [3.63, 3.8) is 0 Å². The van der Waals surface area contributed by atoms with Crippen LogP contribution in [0.2, 0.25) is 0 Å². The number of amides is 1. The number of rotatable bonds is 4. The van der Waals surface area contributed by atoms with Gasteiger partial charge in [0, 0.05) is 32.0 Å². The van der Waals surface area contributed by atoms with E-state index in [0.717, 1.165) is 29.3 Å². The summed E-state index contributed by atoms with van der Waals surface area (Å²) in [5.41, 5.74) is 2.04. The third kappa shape index (κ3) is 2.90. The second-order valence-electron chi connectivity index (χ2n) is 5.65. The lowest BCUT2D eigenvalue weighted by molar-refractivity contribution is -0.125. The van der Waals surface area contributed by atoms with Crippen LogP contribution in [0.15, 0.2) is 48.8 Å². The van der Waals surface area contributed by atoms with Crippen LogP contribution in [-0.2, 0) is 11.3 Å². The average Bonchev–Trinajstić information content (AvgIpc) is 2.96. The highest BCUT2D eigenvalue weighted by molar-refractivity contribution is 7.22. The molecule has 0 atom stereocenters. The van der Waals surface area contributed by atoms with Gasteiger partial charge >= 0.3 is 0 Å². The molecule has 5 nitrogen and oxygen atoms in total. The lowest BCUT2D eigenvalue weighted by atomic mass is 10.00. The molecule has 0 unspecified atom stereocenters. The van der Waals surface area contributed by atoms with E-state index in [1.165, 1.54) is 4.70 Å². The molecule has 3 heterocycles. The molecule has 4 rings (SSSR count). The summed E-state index contributed by atoms with van der Waals surface area (Å²) in [6, 6.07) is 12.0. The Morgan fingerprint density at radius 2 is 2.13 bits per heavy atom. The van der Waals surface area contributed by atoms with Gasteiger partial charge in [-0.3, -0.25) is 9.78 Å². The van der Waals surface area contributed by atoms with Crippen LogP contribution in [0.5, 0.6) is 0 Å². The third-order valence-corrected chi connectivity index (χ3v) is 5.09. The number of para-hydroxylation sites is 1. The summed E-state index contributed by atoms with van der Waals surface area (Å²) in [6.07, 6.45) is 3.50. The third-order valence-electron chi connectivity index (χ3n) is 3.99. The minimum absolute atomic E-state index is 0.0404. The summed E-state index contributed by atoms with van der Waals surface area (Å²) in [5.74, 6) is 0.143. The standard InChI is InChI=1S/C17H16N4OS/c22-16(19-9-12-4-3-7-18-8-12)13-10-21(11-13)17-20-14-5-1-2-6-15(14)23-17/h1-8,13H,9-11H2,(H,19,22). The van der Waals surface area contributed by atoms with Crippen molar-refractivity contribution >= 4 is 32.6 Å². The van der Waals surface area contributed by atoms with Crippen molar-refractivity contribution in [1.82, 2.24) is 15.3 Å². The van der Waals surface area contributed by atoms with Crippen LogP contribution in [0.3, 0.4) is 0 Å². The van der Waals surface area contributed by atoms with Gasteiger partial charge in [0.2, 0.25) is 5.91 Å². The predicted octanol–water partition coefficient (Wildman–Crippen LogP) is 2.44. The van der Waals surface area contributed by atoms with Gasteiger partial charge in [-0.15, -0.1) is 0 Å². The van der Waals surface area contributed by atoms with Crippen LogP contribution in [-0.4, -0.2) is 29.0 Å². The number of thiazole rings is 1. The first-order valence-corrected chi connectivity index (χ1v) is 8.38. The van der Waals surface area contributed by atoms with Crippen LogP contribution < -0.4 is 10.2 Å². The molecule has 1 N–H and O–H groups in total. The van der Waals surface area contributed by atoms with Gasteiger partial charge in [-0.1, -0.05) is 29.5 Å². The van der Waals surface area contributed by atoms with Crippen LogP contribution >= 0.6 is 11.3 Å². The van der Waals surface area contributed by atoms with Crippen molar-refractivity contribution in [3.05, 3.63) is 54.4 Å². The summed E-state index contributed by atoms with van der Waals surface area (Å²) in [6.45, 7) is 2.00. The maximum absolute atomic E-state index is 12.2. The first-order valence-electron chi connectivity index (χ1n) is 7.57. The van der Waals surface area contributed by atoms with E-state index in [1.54, 1.807) is 23.7 Å². The van der Waals surface area contributed by atoms with Gasteiger partial charge in [0.05, 0.1) is 16.1 Å². The summed E-state index contributed by atoms with van der Waals surface area (Å²) < 4.78 is 1.19. The smallest absolute Gasteiger partial charge is 0.226 e. The van der Waals surface area contributed by atoms with Gasteiger partial charge in [0.1, 0.15) is 0 Å². The molecule has 2 aromatic heterocycles. The highest BCUT2D eigenvalue weighted by atomic mass is 32.1. The number of benzene rings is 1. The summed E-state index contributed by atoms with van der Waals surface area (Å²) >= 11 is 1.68. The number of pyridine rings is 1. The molecule has 0 aliphatic carbocycles. The minimum atomic E-state index is 0.0404. The molecule has 0 spiro atoms. The van der Waals surface area contributed by atoms with Crippen LogP contribution in [0.25, 0.3) is 10.2 Å². The van der Waals surface area contributed by atoms with Gasteiger partial charge in [-0.25, -0.2) is 4.98 Å². The second kappa shape index (κ2) is 5.96. The Morgan fingerprint density at radius 1 is 1.26 bits per heavy atom. The number of fused-ring (bicyclic) bond motifs is 1. The Morgan fingerprint density at radius 3 is 2.91 bits per heavy atom.